The minimum Gasteiger partial charge on any atom is -0.306 e. The molecular weight excluding hydrogens is 408 g/mol. The fraction of sp³-hybridized carbons (Fsp3) is 0.250. The fourth-order valence-electron chi connectivity index (χ4n) is 4.29. The van der Waals surface area contributed by atoms with Crippen LogP contribution in [0, 0.1) is 0 Å². The predicted octanol–water partition coefficient (Wildman–Crippen LogP) is 4.45. The SMILES string of the molecule is CN1CCC(c2ccc(-c3cnc4c(-c5cccc(S(=O)O)c5)cnn4c3)cc2)CC1. The van der Waals surface area contributed by atoms with Crippen LogP contribution in [-0.4, -0.2) is 48.4 Å². The van der Waals surface area contributed by atoms with Gasteiger partial charge in [-0.05, 0) is 67.7 Å². The zero-order chi connectivity index (χ0) is 21.4. The third-order valence-corrected chi connectivity index (χ3v) is 6.79. The number of piperidine rings is 1. The van der Waals surface area contributed by atoms with Gasteiger partial charge >= 0.3 is 0 Å². The lowest BCUT2D eigenvalue weighted by Crippen LogP contribution is -2.29. The van der Waals surface area contributed by atoms with Crippen LogP contribution in [0.15, 0.2) is 72.0 Å². The standard InChI is InChI=1S/C24H24N4O2S/c1-27-11-9-19(10-12-27)17-5-7-18(8-6-17)21-14-25-24-23(15-26-28(24)16-21)20-3-2-4-22(13-20)31(29)30/h2-8,13-16,19H,9-12H2,1H3,(H,29,30). The van der Waals surface area contributed by atoms with Gasteiger partial charge in [0, 0.05) is 23.5 Å². The van der Waals surface area contributed by atoms with Gasteiger partial charge in [-0.25, -0.2) is 13.7 Å². The van der Waals surface area contributed by atoms with Crippen molar-refractivity contribution in [2.45, 2.75) is 23.7 Å². The molecule has 1 fully saturated rings. The van der Waals surface area contributed by atoms with Crippen molar-refractivity contribution < 1.29 is 8.76 Å². The van der Waals surface area contributed by atoms with Crippen molar-refractivity contribution in [1.82, 2.24) is 19.5 Å². The number of nitrogens with zero attached hydrogens (tertiary/aromatic N) is 4. The minimum absolute atomic E-state index is 0.359. The van der Waals surface area contributed by atoms with Crippen LogP contribution in [0.3, 0.4) is 0 Å². The van der Waals surface area contributed by atoms with Gasteiger partial charge in [-0.15, -0.1) is 0 Å². The van der Waals surface area contributed by atoms with Gasteiger partial charge in [0.1, 0.15) is 0 Å². The largest absolute Gasteiger partial charge is 0.306 e. The summed E-state index contributed by atoms with van der Waals surface area (Å²) in [5.74, 6) is 0.642. The molecule has 158 valence electrons. The van der Waals surface area contributed by atoms with Crippen LogP contribution in [0.2, 0.25) is 0 Å². The van der Waals surface area contributed by atoms with Gasteiger partial charge in [0.25, 0.3) is 0 Å². The first kappa shape index (κ1) is 20.1. The summed E-state index contributed by atoms with van der Waals surface area (Å²) in [5, 5.41) is 4.46. The number of hydrogen-bond acceptors (Lipinski definition) is 4. The predicted molar refractivity (Wildman–Crippen MR) is 122 cm³/mol. The van der Waals surface area contributed by atoms with Crippen molar-refractivity contribution in [1.29, 1.82) is 0 Å². The van der Waals surface area contributed by atoms with E-state index in [2.05, 4.69) is 46.3 Å². The van der Waals surface area contributed by atoms with E-state index in [1.165, 1.54) is 18.4 Å². The summed E-state index contributed by atoms with van der Waals surface area (Å²) in [6, 6.07) is 15.8. The number of rotatable bonds is 4. The molecule has 2 aromatic heterocycles. The molecule has 2 aromatic carbocycles. The molecule has 31 heavy (non-hydrogen) atoms. The molecule has 1 N–H and O–H groups in total. The molecule has 3 heterocycles. The Bertz CT molecular complexity index is 1240. The van der Waals surface area contributed by atoms with Crippen molar-refractivity contribution in [2.75, 3.05) is 20.1 Å². The van der Waals surface area contributed by atoms with E-state index in [-0.39, 0.29) is 0 Å². The molecule has 7 heteroatoms. The first-order valence-electron chi connectivity index (χ1n) is 10.4. The molecule has 1 aliphatic rings. The number of likely N-dealkylation sites (tertiary alicyclic amines) is 1. The third-order valence-electron chi connectivity index (χ3n) is 6.14. The van der Waals surface area contributed by atoms with Crippen molar-refractivity contribution in [3.8, 4) is 22.3 Å². The van der Waals surface area contributed by atoms with Gasteiger partial charge in [-0.2, -0.15) is 5.10 Å². The second kappa shape index (κ2) is 8.34. The fourth-order valence-corrected chi connectivity index (χ4v) is 4.71. The lowest BCUT2D eigenvalue weighted by Gasteiger charge is -2.29. The van der Waals surface area contributed by atoms with E-state index in [9.17, 15) is 8.76 Å². The highest BCUT2D eigenvalue weighted by molar-refractivity contribution is 7.79. The van der Waals surface area contributed by atoms with Crippen LogP contribution < -0.4 is 0 Å². The molecule has 0 bridgehead atoms. The zero-order valence-corrected chi connectivity index (χ0v) is 18.1. The molecule has 1 saturated heterocycles. The Hall–Kier alpha value is -2.87. The topological polar surface area (TPSA) is 70.7 Å². The third kappa shape index (κ3) is 4.04. The Morgan fingerprint density at radius 2 is 1.77 bits per heavy atom. The van der Waals surface area contributed by atoms with E-state index in [0.717, 1.165) is 35.3 Å². The quantitative estimate of drug-likeness (QED) is 0.483. The molecule has 0 radical (unpaired) electrons. The molecule has 1 unspecified atom stereocenters. The first-order chi connectivity index (χ1) is 15.1. The Morgan fingerprint density at radius 1 is 1.00 bits per heavy atom. The molecule has 0 spiro atoms. The molecule has 1 atom stereocenters. The Morgan fingerprint density at radius 3 is 2.52 bits per heavy atom. The normalized spacial score (nSPS) is 16.6. The first-order valence-corrected chi connectivity index (χ1v) is 11.5. The van der Waals surface area contributed by atoms with Gasteiger partial charge in [-0.1, -0.05) is 36.4 Å². The lowest BCUT2D eigenvalue weighted by atomic mass is 9.89. The summed E-state index contributed by atoms with van der Waals surface area (Å²) in [6.07, 6.45) is 8.01. The van der Waals surface area contributed by atoms with Gasteiger partial charge in [-0.3, -0.25) is 0 Å². The van der Waals surface area contributed by atoms with Gasteiger partial charge < -0.3 is 9.45 Å². The second-order valence-corrected chi connectivity index (χ2v) is 9.12. The van der Waals surface area contributed by atoms with Crippen molar-refractivity contribution in [2.24, 2.45) is 0 Å². The molecular formula is C24H24N4O2S. The molecule has 5 rings (SSSR count). The van der Waals surface area contributed by atoms with E-state index >= 15 is 0 Å². The molecule has 0 aliphatic carbocycles. The monoisotopic (exact) mass is 432 g/mol. The summed E-state index contributed by atoms with van der Waals surface area (Å²) in [6.45, 7) is 2.32. The molecule has 4 aromatic rings. The zero-order valence-electron chi connectivity index (χ0n) is 17.3. The van der Waals surface area contributed by atoms with E-state index < -0.39 is 11.1 Å². The van der Waals surface area contributed by atoms with Crippen molar-refractivity contribution in [3.05, 3.63) is 72.7 Å². The van der Waals surface area contributed by atoms with Crippen LogP contribution in [0.25, 0.3) is 27.9 Å². The van der Waals surface area contributed by atoms with Gasteiger partial charge in [0.05, 0.1) is 11.1 Å². The van der Waals surface area contributed by atoms with Crippen LogP contribution in [0.4, 0.5) is 0 Å². The number of aromatic nitrogens is 3. The lowest BCUT2D eigenvalue weighted by molar-refractivity contribution is 0.255. The summed E-state index contributed by atoms with van der Waals surface area (Å²) < 4.78 is 22.5. The van der Waals surface area contributed by atoms with Crippen molar-refractivity contribution in [3.63, 3.8) is 0 Å². The summed E-state index contributed by atoms with van der Waals surface area (Å²) >= 11 is -2.02. The molecule has 0 saturated carbocycles. The molecule has 6 nitrogen and oxygen atoms in total. The minimum atomic E-state index is -2.02. The average molecular weight is 433 g/mol. The van der Waals surface area contributed by atoms with E-state index in [0.29, 0.717) is 16.5 Å². The van der Waals surface area contributed by atoms with Gasteiger partial charge in [0.15, 0.2) is 16.7 Å². The average Bonchev–Trinajstić information content (AvgIpc) is 3.23. The van der Waals surface area contributed by atoms with Crippen LogP contribution >= 0.6 is 0 Å². The number of fused-ring (bicyclic) bond motifs is 1. The van der Waals surface area contributed by atoms with E-state index in [1.54, 1.807) is 28.9 Å². The Balaban J connectivity index is 1.42. The molecule has 0 amide bonds. The number of hydrogen-bond donors (Lipinski definition) is 1. The maximum absolute atomic E-state index is 11.4. The van der Waals surface area contributed by atoms with Crippen molar-refractivity contribution >= 4 is 16.7 Å². The van der Waals surface area contributed by atoms with E-state index in [1.807, 2.05) is 18.5 Å². The van der Waals surface area contributed by atoms with E-state index in [4.69, 9.17) is 0 Å². The summed E-state index contributed by atoms with van der Waals surface area (Å²) in [4.78, 5) is 7.40. The van der Waals surface area contributed by atoms with Crippen LogP contribution in [-0.2, 0) is 11.1 Å². The maximum Gasteiger partial charge on any atom is 0.186 e. The van der Waals surface area contributed by atoms with Crippen LogP contribution in [0.1, 0.15) is 24.3 Å². The second-order valence-electron chi connectivity index (χ2n) is 8.15. The number of benzene rings is 2. The molecule has 1 aliphatic heterocycles. The highest BCUT2D eigenvalue weighted by atomic mass is 32.2. The summed E-state index contributed by atoms with van der Waals surface area (Å²) in [7, 11) is 2.19. The highest BCUT2D eigenvalue weighted by Crippen LogP contribution is 2.30. The Kier molecular flexibility index (Phi) is 5.40. The summed E-state index contributed by atoms with van der Waals surface area (Å²) in [5.41, 5.74) is 5.89. The highest BCUT2D eigenvalue weighted by Gasteiger charge is 2.18. The smallest absolute Gasteiger partial charge is 0.186 e. The Labute approximate surface area is 183 Å². The maximum atomic E-state index is 11.4. The van der Waals surface area contributed by atoms with Crippen LogP contribution in [0.5, 0.6) is 0 Å². The van der Waals surface area contributed by atoms with Gasteiger partial charge in [0.2, 0.25) is 0 Å².